The third-order valence-corrected chi connectivity index (χ3v) is 5.20. The molecule has 1 aliphatic heterocycles. The molecule has 0 unspecified atom stereocenters. The van der Waals surface area contributed by atoms with Crippen molar-refractivity contribution in [3.8, 4) is 10.6 Å². The topological polar surface area (TPSA) is 49.6 Å². The van der Waals surface area contributed by atoms with Gasteiger partial charge in [-0.15, -0.1) is 11.3 Å². The molecule has 0 bridgehead atoms. The van der Waals surface area contributed by atoms with Crippen LogP contribution in [0.2, 0.25) is 0 Å². The Balaban J connectivity index is 1.32. The molecule has 4 rings (SSSR count). The average Bonchev–Trinajstić information content (AvgIpc) is 3.05. The summed E-state index contributed by atoms with van der Waals surface area (Å²) in [6.07, 6.45) is 2.17. The number of hydrogen-bond acceptors (Lipinski definition) is 5. The number of rotatable bonds is 4. The summed E-state index contributed by atoms with van der Waals surface area (Å²) in [5, 5.41) is 6.20. The van der Waals surface area contributed by atoms with Crippen LogP contribution in [0.5, 0.6) is 0 Å². The predicted octanol–water partition coefficient (Wildman–Crippen LogP) is 2.46. The highest BCUT2D eigenvalue weighted by molar-refractivity contribution is 7.13. The van der Waals surface area contributed by atoms with E-state index in [0.29, 0.717) is 11.8 Å². The molecule has 1 saturated heterocycles. The third-order valence-electron chi connectivity index (χ3n) is 4.32. The Bertz CT molecular complexity index is 640. The number of thiophene rings is 1. The molecule has 2 aromatic rings. The van der Waals surface area contributed by atoms with E-state index in [9.17, 15) is 4.79 Å². The SMILES string of the molecule is O=C(C1CC1)N1CCN(Cc2cc(-c3cccs3)on2)CC1. The van der Waals surface area contributed by atoms with Crippen molar-refractivity contribution in [2.45, 2.75) is 19.4 Å². The molecule has 1 saturated carbocycles. The van der Waals surface area contributed by atoms with Gasteiger partial charge in [0.2, 0.25) is 5.91 Å². The van der Waals surface area contributed by atoms with Gasteiger partial charge in [-0.1, -0.05) is 11.2 Å². The molecule has 1 amide bonds. The Morgan fingerprint density at radius 2 is 2.14 bits per heavy atom. The smallest absolute Gasteiger partial charge is 0.225 e. The molecule has 5 nitrogen and oxygen atoms in total. The first kappa shape index (κ1) is 14.0. The van der Waals surface area contributed by atoms with Crippen molar-refractivity contribution in [1.29, 1.82) is 0 Å². The van der Waals surface area contributed by atoms with Crippen LogP contribution in [-0.4, -0.2) is 47.0 Å². The van der Waals surface area contributed by atoms with Crippen molar-refractivity contribution in [3.63, 3.8) is 0 Å². The second-order valence-electron chi connectivity index (χ2n) is 6.04. The minimum absolute atomic E-state index is 0.329. The van der Waals surface area contributed by atoms with Gasteiger partial charge in [0.05, 0.1) is 10.6 Å². The summed E-state index contributed by atoms with van der Waals surface area (Å²) in [5.41, 5.74) is 0.963. The summed E-state index contributed by atoms with van der Waals surface area (Å²) in [5.74, 6) is 1.53. The number of carbonyl (C=O) groups excluding carboxylic acids is 1. The lowest BCUT2D eigenvalue weighted by Gasteiger charge is -2.34. The zero-order valence-electron chi connectivity index (χ0n) is 12.4. The number of hydrogen-bond donors (Lipinski definition) is 0. The Kier molecular flexibility index (Phi) is 3.72. The normalized spacial score (nSPS) is 19.5. The highest BCUT2D eigenvalue weighted by Crippen LogP contribution is 2.31. The van der Waals surface area contributed by atoms with Crippen molar-refractivity contribution in [1.82, 2.24) is 15.0 Å². The molecule has 2 fully saturated rings. The fraction of sp³-hybridized carbons (Fsp3) is 0.500. The highest BCUT2D eigenvalue weighted by atomic mass is 32.1. The largest absolute Gasteiger partial charge is 0.355 e. The molecular formula is C16H19N3O2S. The Morgan fingerprint density at radius 3 is 2.82 bits per heavy atom. The number of amides is 1. The molecule has 0 N–H and O–H groups in total. The Hall–Kier alpha value is -1.66. The van der Waals surface area contributed by atoms with Gasteiger partial charge in [-0.3, -0.25) is 9.69 Å². The fourth-order valence-corrected chi connectivity index (χ4v) is 3.54. The lowest BCUT2D eigenvalue weighted by Crippen LogP contribution is -2.48. The number of aromatic nitrogens is 1. The molecule has 0 radical (unpaired) electrons. The van der Waals surface area contributed by atoms with Crippen LogP contribution < -0.4 is 0 Å². The monoisotopic (exact) mass is 317 g/mol. The molecule has 2 aliphatic rings. The zero-order chi connectivity index (χ0) is 14.9. The summed E-state index contributed by atoms with van der Waals surface area (Å²) in [7, 11) is 0. The van der Waals surface area contributed by atoms with Crippen LogP contribution in [0.1, 0.15) is 18.5 Å². The van der Waals surface area contributed by atoms with Gasteiger partial charge in [-0.05, 0) is 24.3 Å². The van der Waals surface area contributed by atoms with E-state index in [0.717, 1.165) is 61.9 Å². The Labute approximate surface area is 133 Å². The predicted molar refractivity (Wildman–Crippen MR) is 84.4 cm³/mol. The summed E-state index contributed by atoms with van der Waals surface area (Å²) >= 11 is 1.66. The number of nitrogens with zero attached hydrogens (tertiary/aromatic N) is 3. The second kappa shape index (κ2) is 5.85. The van der Waals surface area contributed by atoms with Crippen molar-refractivity contribution in [2.75, 3.05) is 26.2 Å². The van der Waals surface area contributed by atoms with E-state index in [4.69, 9.17) is 4.52 Å². The van der Waals surface area contributed by atoms with E-state index in [1.165, 1.54) is 0 Å². The van der Waals surface area contributed by atoms with Crippen molar-refractivity contribution in [3.05, 3.63) is 29.3 Å². The molecule has 2 aromatic heterocycles. The van der Waals surface area contributed by atoms with Gasteiger partial charge in [0.25, 0.3) is 0 Å². The molecule has 116 valence electrons. The van der Waals surface area contributed by atoms with Crippen molar-refractivity contribution >= 4 is 17.2 Å². The summed E-state index contributed by atoms with van der Waals surface area (Å²) in [6.45, 7) is 4.30. The maximum Gasteiger partial charge on any atom is 0.225 e. The van der Waals surface area contributed by atoms with E-state index in [2.05, 4.69) is 10.1 Å². The van der Waals surface area contributed by atoms with E-state index >= 15 is 0 Å². The molecule has 0 spiro atoms. The quantitative estimate of drug-likeness (QED) is 0.869. The first-order chi connectivity index (χ1) is 10.8. The maximum atomic E-state index is 12.0. The second-order valence-corrected chi connectivity index (χ2v) is 6.98. The van der Waals surface area contributed by atoms with Gasteiger partial charge in [0.1, 0.15) is 0 Å². The van der Waals surface area contributed by atoms with Gasteiger partial charge >= 0.3 is 0 Å². The summed E-state index contributed by atoms with van der Waals surface area (Å²) < 4.78 is 5.42. The molecule has 6 heteroatoms. The van der Waals surface area contributed by atoms with Crippen LogP contribution in [0.3, 0.4) is 0 Å². The molecular weight excluding hydrogens is 298 g/mol. The van der Waals surface area contributed by atoms with E-state index in [1.54, 1.807) is 11.3 Å². The number of carbonyl (C=O) groups is 1. The van der Waals surface area contributed by atoms with Crippen LogP contribution in [0.25, 0.3) is 10.6 Å². The van der Waals surface area contributed by atoms with Gasteiger partial charge in [0.15, 0.2) is 5.76 Å². The molecule has 3 heterocycles. The van der Waals surface area contributed by atoms with E-state index in [-0.39, 0.29) is 0 Å². The molecule has 0 atom stereocenters. The van der Waals surface area contributed by atoms with Crippen LogP contribution >= 0.6 is 11.3 Å². The summed E-state index contributed by atoms with van der Waals surface area (Å²) in [4.78, 5) is 17.5. The first-order valence-electron chi connectivity index (χ1n) is 7.80. The molecule has 0 aromatic carbocycles. The third kappa shape index (κ3) is 2.94. The molecule has 22 heavy (non-hydrogen) atoms. The van der Waals surface area contributed by atoms with Gasteiger partial charge in [0, 0.05) is 44.7 Å². The molecule has 1 aliphatic carbocycles. The zero-order valence-corrected chi connectivity index (χ0v) is 13.2. The standard InChI is InChI=1S/C16H19N3O2S/c20-16(12-3-4-12)19-7-5-18(6-8-19)11-13-10-14(21-17-13)15-2-1-9-22-15/h1-2,9-10,12H,3-8,11H2. The Morgan fingerprint density at radius 1 is 1.32 bits per heavy atom. The van der Waals surface area contributed by atoms with E-state index in [1.807, 2.05) is 28.5 Å². The van der Waals surface area contributed by atoms with E-state index < -0.39 is 0 Å². The van der Waals surface area contributed by atoms with Gasteiger partial charge < -0.3 is 9.42 Å². The van der Waals surface area contributed by atoms with Crippen LogP contribution in [0, 0.1) is 5.92 Å². The minimum atomic E-state index is 0.329. The van der Waals surface area contributed by atoms with Gasteiger partial charge in [-0.25, -0.2) is 0 Å². The first-order valence-corrected chi connectivity index (χ1v) is 8.68. The summed E-state index contributed by atoms with van der Waals surface area (Å²) in [6, 6.07) is 6.07. The van der Waals surface area contributed by atoms with Crippen molar-refractivity contribution in [2.24, 2.45) is 5.92 Å². The highest BCUT2D eigenvalue weighted by Gasteiger charge is 2.34. The average molecular weight is 317 g/mol. The fourth-order valence-electron chi connectivity index (χ4n) is 2.87. The van der Waals surface area contributed by atoms with Crippen LogP contribution in [0.15, 0.2) is 28.1 Å². The maximum absolute atomic E-state index is 12.0. The van der Waals surface area contributed by atoms with Crippen LogP contribution in [-0.2, 0) is 11.3 Å². The van der Waals surface area contributed by atoms with Crippen LogP contribution in [0.4, 0.5) is 0 Å². The number of piperazine rings is 1. The van der Waals surface area contributed by atoms with Gasteiger partial charge in [-0.2, -0.15) is 0 Å². The lowest BCUT2D eigenvalue weighted by molar-refractivity contribution is -0.134. The minimum Gasteiger partial charge on any atom is -0.355 e. The lowest BCUT2D eigenvalue weighted by atomic mass is 10.2. The van der Waals surface area contributed by atoms with Crippen molar-refractivity contribution < 1.29 is 9.32 Å².